The third-order valence-electron chi connectivity index (χ3n) is 3.33. The summed E-state index contributed by atoms with van der Waals surface area (Å²) in [6, 6.07) is 0. The fourth-order valence-corrected chi connectivity index (χ4v) is 2.24. The van der Waals surface area contributed by atoms with E-state index in [4.69, 9.17) is 5.73 Å². The van der Waals surface area contributed by atoms with Gasteiger partial charge in [-0.1, -0.05) is 13.3 Å². The largest absolute Gasteiger partial charge is 0.355 e. The summed E-state index contributed by atoms with van der Waals surface area (Å²) in [5.41, 5.74) is 5.36. The quantitative estimate of drug-likeness (QED) is 0.725. The van der Waals surface area contributed by atoms with Gasteiger partial charge in [-0.25, -0.2) is 0 Å². The Hall–Kier alpha value is -1.10. The molecule has 0 aromatic rings. The molecule has 5 heteroatoms. The lowest BCUT2D eigenvalue weighted by molar-refractivity contribution is -0.135. The van der Waals surface area contributed by atoms with Crippen molar-refractivity contribution in [3.05, 3.63) is 0 Å². The van der Waals surface area contributed by atoms with Gasteiger partial charge >= 0.3 is 0 Å². The molecule has 3 N–H and O–H groups in total. The molecule has 0 radical (unpaired) electrons. The highest BCUT2D eigenvalue weighted by Crippen LogP contribution is 2.17. The van der Waals surface area contributed by atoms with Crippen LogP contribution in [-0.4, -0.2) is 42.9 Å². The summed E-state index contributed by atoms with van der Waals surface area (Å²) in [5, 5.41) is 2.80. The van der Waals surface area contributed by atoms with Crippen LogP contribution in [0.15, 0.2) is 0 Å². The Morgan fingerprint density at radius 2 is 2.22 bits per heavy atom. The number of hydrogen-bond acceptors (Lipinski definition) is 3. The Balaban J connectivity index is 2.40. The average molecular weight is 255 g/mol. The summed E-state index contributed by atoms with van der Waals surface area (Å²) in [6.07, 6.45) is 4.35. The van der Waals surface area contributed by atoms with Gasteiger partial charge in [0.25, 0.3) is 0 Å². The first-order valence-corrected chi connectivity index (χ1v) is 6.94. The van der Waals surface area contributed by atoms with Crippen LogP contribution in [0.3, 0.4) is 0 Å². The molecule has 18 heavy (non-hydrogen) atoms. The van der Waals surface area contributed by atoms with Crippen LogP contribution >= 0.6 is 0 Å². The second-order valence-corrected chi connectivity index (χ2v) is 4.86. The molecule has 0 aromatic heterocycles. The first-order chi connectivity index (χ1) is 8.69. The smallest absolute Gasteiger partial charge is 0.224 e. The first-order valence-electron chi connectivity index (χ1n) is 6.94. The predicted molar refractivity (Wildman–Crippen MR) is 70.9 cm³/mol. The molecule has 0 saturated carbocycles. The maximum Gasteiger partial charge on any atom is 0.224 e. The Kier molecular flexibility index (Phi) is 6.72. The highest BCUT2D eigenvalue weighted by molar-refractivity contribution is 5.81. The first kappa shape index (κ1) is 15.0. The third kappa shape index (κ3) is 4.64. The van der Waals surface area contributed by atoms with Crippen molar-refractivity contribution in [2.24, 2.45) is 11.7 Å². The maximum absolute atomic E-state index is 11.9. The number of unbranched alkanes of at least 4 members (excludes halogenated alkanes) is 1. The van der Waals surface area contributed by atoms with E-state index in [1.165, 1.54) is 0 Å². The van der Waals surface area contributed by atoms with Crippen LogP contribution in [-0.2, 0) is 9.59 Å². The molecular weight excluding hydrogens is 230 g/mol. The highest BCUT2D eigenvalue weighted by atomic mass is 16.2. The van der Waals surface area contributed by atoms with Gasteiger partial charge in [-0.2, -0.15) is 0 Å². The summed E-state index contributed by atoms with van der Waals surface area (Å²) >= 11 is 0. The SMILES string of the molecule is CCCCC(=O)N1CCCC(C(=O)NCCN)C1. The van der Waals surface area contributed by atoms with Crippen molar-refractivity contribution in [3.63, 3.8) is 0 Å². The number of rotatable bonds is 6. The van der Waals surface area contributed by atoms with Gasteiger partial charge in [0.2, 0.25) is 11.8 Å². The molecule has 0 aromatic carbocycles. The van der Waals surface area contributed by atoms with Crippen LogP contribution in [0.25, 0.3) is 0 Å². The number of nitrogens with two attached hydrogens (primary N) is 1. The van der Waals surface area contributed by atoms with Gasteiger partial charge in [-0.15, -0.1) is 0 Å². The van der Waals surface area contributed by atoms with Gasteiger partial charge in [0, 0.05) is 32.6 Å². The van der Waals surface area contributed by atoms with Crippen molar-refractivity contribution >= 4 is 11.8 Å². The molecule has 1 saturated heterocycles. The highest BCUT2D eigenvalue weighted by Gasteiger charge is 2.27. The molecule has 1 aliphatic heterocycles. The number of amides is 2. The molecule has 1 aliphatic rings. The van der Waals surface area contributed by atoms with Gasteiger partial charge in [0.1, 0.15) is 0 Å². The van der Waals surface area contributed by atoms with Crippen LogP contribution in [0.4, 0.5) is 0 Å². The van der Waals surface area contributed by atoms with Crippen molar-refractivity contribution in [2.75, 3.05) is 26.2 Å². The Morgan fingerprint density at radius 3 is 2.89 bits per heavy atom. The number of carbonyl (C=O) groups excluding carboxylic acids is 2. The number of likely N-dealkylation sites (tertiary alicyclic amines) is 1. The van der Waals surface area contributed by atoms with Crippen LogP contribution in [0.2, 0.25) is 0 Å². The second-order valence-electron chi connectivity index (χ2n) is 4.86. The van der Waals surface area contributed by atoms with E-state index in [9.17, 15) is 9.59 Å². The minimum Gasteiger partial charge on any atom is -0.355 e. The molecular formula is C13H25N3O2. The van der Waals surface area contributed by atoms with Gasteiger partial charge < -0.3 is 16.0 Å². The zero-order valence-corrected chi connectivity index (χ0v) is 11.3. The molecule has 1 fully saturated rings. The number of carbonyl (C=O) groups is 2. The summed E-state index contributed by atoms with van der Waals surface area (Å²) in [6.45, 7) is 4.41. The fourth-order valence-electron chi connectivity index (χ4n) is 2.24. The zero-order chi connectivity index (χ0) is 13.4. The maximum atomic E-state index is 11.9. The van der Waals surface area contributed by atoms with Crippen LogP contribution in [0, 0.1) is 5.92 Å². The van der Waals surface area contributed by atoms with E-state index in [1.807, 2.05) is 4.90 Å². The third-order valence-corrected chi connectivity index (χ3v) is 3.33. The minimum atomic E-state index is -0.0594. The van der Waals surface area contributed by atoms with E-state index in [2.05, 4.69) is 12.2 Å². The molecule has 1 heterocycles. The van der Waals surface area contributed by atoms with Gasteiger partial charge in [0.05, 0.1) is 5.92 Å². The van der Waals surface area contributed by atoms with E-state index in [1.54, 1.807) is 0 Å². The average Bonchev–Trinajstić information content (AvgIpc) is 2.42. The van der Waals surface area contributed by atoms with Crippen molar-refractivity contribution in [1.29, 1.82) is 0 Å². The molecule has 0 spiro atoms. The van der Waals surface area contributed by atoms with Crippen molar-refractivity contribution in [3.8, 4) is 0 Å². The van der Waals surface area contributed by atoms with Crippen molar-refractivity contribution in [1.82, 2.24) is 10.2 Å². The molecule has 2 amide bonds. The second kappa shape index (κ2) is 8.08. The number of nitrogens with one attached hydrogen (secondary N) is 1. The summed E-state index contributed by atoms with van der Waals surface area (Å²) in [4.78, 5) is 25.6. The van der Waals surface area contributed by atoms with Gasteiger partial charge in [0.15, 0.2) is 0 Å². The summed E-state index contributed by atoms with van der Waals surface area (Å²) < 4.78 is 0. The van der Waals surface area contributed by atoms with Gasteiger partial charge in [-0.05, 0) is 19.3 Å². The van der Waals surface area contributed by atoms with Crippen molar-refractivity contribution in [2.45, 2.75) is 39.0 Å². The molecule has 1 rings (SSSR count). The van der Waals surface area contributed by atoms with Gasteiger partial charge in [-0.3, -0.25) is 9.59 Å². The standard InChI is InChI=1S/C13H25N3O2/c1-2-3-6-12(17)16-9-4-5-11(10-16)13(18)15-8-7-14/h11H,2-10,14H2,1H3,(H,15,18). The molecule has 1 unspecified atom stereocenters. The lowest BCUT2D eigenvalue weighted by Crippen LogP contribution is -2.46. The Labute approximate surface area is 109 Å². The summed E-state index contributed by atoms with van der Waals surface area (Å²) in [5.74, 6) is 0.164. The summed E-state index contributed by atoms with van der Waals surface area (Å²) in [7, 11) is 0. The van der Waals surface area contributed by atoms with E-state index in [0.29, 0.717) is 26.1 Å². The van der Waals surface area contributed by atoms with E-state index >= 15 is 0 Å². The predicted octanol–water partition coefficient (Wildman–Crippen LogP) is 0.490. The molecule has 0 bridgehead atoms. The van der Waals surface area contributed by atoms with Crippen LogP contribution in [0.5, 0.6) is 0 Å². The lowest BCUT2D eigenvalue weighted by Gasteiger charge is -2.32. The van der Waals surface area contributed by atoms with E-state index < -0.39 is 0 Å². The minimum absolute atomic E-state index is 0.0356. The Morgan fingerprint density at radius 1 is 1.44 bits per heavy atom. The monoisotopic (exact) mass is 255 g/mol. The van der Waals surface area contributed by atoms with E-state index in [-0.39, 0.29) is 17.7 Å². The van der Waals surface area contributed by atoms with E-state index in [0.717, 1.165) is 32.2 Å². The number of hydrogen-bond donors (Lipinski definition) is 2. The number of piperidine rings is 1. The van der Waals surface area contributed by atoms with Crippen molar-refractivity contribution < 1.29 is 9.59 Å². The molecule has 1 atom stereocenters. The fraction of sp³-hybridized carbons (Fsp3) is 0.846. The molecule has 0 aliphatic carbocycles. The van der Waals surface area contributed by atoms with Crippen LogP contribution in [0.1, 0.15) is 39.0 Å². The molecule has 5 nitrogen and oxygen atoms in total. The topological polar surface area (TPSA) is 75.4 Å². The zero-order valence-electron chi connectivity index (χ0n) is 11.3. The number of nitrogens with zero attached hydrogens (tertiary/aromatic N) is 1. The van der Waals surface area contributed by atoms with Crippen LogP contribution < -0.4 is 11.1 Å². The normalized spacial score (nSPS) is 19.7. The lowest BCUT2D eigenvalue weighted by atomic mass is 9.96. The molecule has 104 valence electrons. The Bertz CT molecular complexity index is 255.